The minimum atomic E-state index is -4.00. The first-order valence-corrected chi connectivity index (χ1v) is 10.8. The van der Waals surface area contributed by atoms with E-state index in [1.165, 1.54) is 31.2 Å². The minimum absolute atomic E-state index is 0.107. The number of anilines is 1. The van der Waals surface area contributed by atoms with Crippen molar-refractivity contribution in [1.29, 1.82) is 0 Å². The molecular formula is C20H25N3O5S. The normalized spacial score (nSPS) is 11.1. The Hall–Kier alpha value is -2.94. The number of carbonyl (C=O) groups is 1. The number of rotatable bonds is 9. The molecule has 29 heavy (non-hydrogen) atoms. The van der Waals surface area contributed by atoms with E-state index in [-0.39, 0.29) is 22.2 Å². The quantitative estimate of drug-likeness (QED) is 0.488. The molecule has 1 N–H and O–H groups in total. The number of nitrogens with zero attached hydrogens (tertiary/aromatic N) is 2. The van der Waals surface area contributed by atoms with Crippen LogP contribution in [0.2, 0.25) is 0 Å². The summed E-state index contributed by atoms with van der Waals surface area (Å²) >= 11 is 0. The highest BCUT2D eigenvalue weighted by atomic mass is 32.2. The predicted octanol–water partition coefficient (Wildman–Crippen LogP) is 3.97. The zero-order valence-corrected chi connectivity index (χ0v) is 17.5. The lowest BCUT2D eigenvalue weighted by Gasteiger charge is -2.20. The lowest BCUT2D eigenvalue weighted by Crippen LogP contribution is -2.31. The molecule has 0 saturated carbocycles. The molecule has 156 valence electrons. The molecule has 0 atom stereocenters. The maximum absolute atomic E-state index is 12.6. The predicted molar refractivity (Wildman–Crippen MR) is 112 cm³/mol. The third kappa shape index (κ3) is 5.54. The summed E-state index contributed by atoms with van der Waals surface area (Å²) in [5.41, 5.74) is 0.846. The van der Waals surface area contributed by atoms with Crippen molar-refractivity contribution in [1.82, 2.24) is 4.90 Å². The first kappa shape index (κ1) is 22.4. The van der Waals surface area contributed by atoms with Gasteiger partial charge in [0.2, 0.25) is 0 Å². The Labute approximate surface area is 170 Å². The molecule has 0 heterocycles. The van der Waals surface area contributed by atoms with E-state index >= 15 is 0 Å². The molecule has 2 aromatic carbocycles. The molecule has 0 spiro atoms. The second-order valence-corrected chi connectivity index (χ2v) is 8.31. The number of nitro groups is 1. The minimum Gasteiger partial charge on any atom is -0.339 e. The number of carbonyl (C=O) groups excluding carboxylic acids is 1. The molecule has 0 saturated heterocycles. The highest BCUT2D eigenvalue weighted by molar-refractivity contribution is 7.92. The molecule has 0 aliphatic rings. The van der Waals surface area contributed by atoms with E-state index in [0.29, 0.717) is 24.2 Å². The first-order chi connectivity index (χ1) is 13.7. The smallest absolute Gasteiger partial charge is 0.273 e. The molecular weight excluding hydrogens is 394 g/mol. The van der Waals surface area contributed by atoms with Crippen LogP contribution >= 0.6 is 0 Å². The van der Waals surface area contributed by atoms with Crippen molar-refractivity contribution in [2.24, 2.45) is 0 Å². The van der Waals surface area contributed by atoms with E-state index in [1.54, 1.807) is 17.0 Å². The van der Waals surface area contributed by atoms with Crippen molar-refractivity contribution < 1.29 is 18.1 Å². The van der Waals surface area contributed by atoms with Crippen molar-refractivity contribution in [3.05, 3.63) is 63.7 Å². The zero-order valence-electron chi connectivity index (χ0n) is 16.7. The van der Waals surface area contributed by atoms with E-state index in [1.807, 2.05) is 6.92 Å². The lowest BCUT2D eigenvalue weighted by molar-refractivity contribution is -0.385. The van der Waals surface area contributed by atoms with Gasteiger partial charge in [-0.1, -0.05) is 19.4 Å². The molecule has 1 amide bonds. The van der Waals surface area contributed by atoms with Crippen LogP contribution in [0.25, 0.3) is 0 Å². The lowest BCUT2D eigenvalue weighted by atomic mass is 10.1. The van der Waals surface area contributed by atoms with Gasteiger partial charge in [0.25, 0.3) is 21.6 Å². The van der Waals surface area contributed by atoms with Crippen LogP contribution in [0, 0.1) is 17.0 Å². The Bertz CT molecular complexity index is 988. The van der Waals surface area contributed by atoms with Gasteiger partial charge in [-0.3, -0.25) is 19.6 Å². The number of sulfonamides is 1. The summed E-state index contributed by atoms with van der Waals surface area (Å²) in [6.45, 7) is 6.78. The number of nitrogens with one attached hydrogen (secondary N) is 1. The second-order valence-electron chi connectivity index (χ2n) is 6.63. The van der Waals surface area contributed by atoms with Crippen molar-refractivity contribution in [2.75, 3.05) is 17.8 Å². The van der Waals surface area contributed by atoms with Crippen LogP contribution in [0.3, 0.4) is 0 Å². The third-order valence-electron chi connectivity index (χ3n) is 4.52. The highest BCUT2D eigenvalue weighted by Crippen LogP contribution is 2.24. The fourth-order valence-corrected chi connectivity index (χ4v) is 3.86. The Balaban J connectivity index is 2.19. The summed E-state index contributed by atoms with van der Waals surface area (Å²) in [5.74, 6) is -0.107. The number of aryl methyl sites for hydroxylation is 1. The van der Waals surface area contributed by atoms with Crippen LogP contribution in [0.4, 0.5) is 11.4 Å². The van der Waals surface area contributed by atoms with E-state index in [2.05, 4.69) is 11.6 Å². The maximum atomic E-state index is 12.6. The van der Waals surface area contributed by atoms with Crippen LogP contribution in [0.15, 0.2) is 47.4 Å². The van der Waals surface area contributed by atoms with Gasteiger partial charge in [-0.05, 0) is 50.6 Å². The average molecular weight is 420 g/mol. The van der Waals surface area contributed by atoms with E-state index < -0.39 is 14.9 Å². The molecule has 0 aliphatic heterocycles. The SMILES string of the molecule is CCCCN(CC)C(=O)c1ccc(NS(=O)(=O)c2ccc(C)c([N+](=O)[O-])c2)cc1. The number of amides is 1. The summed E-state index contributed by atoms with van der Waals surface area (Å²) in [6.07, 6.45) is 1.90. The standard InChI is InChI=1S/C20H25N3O5S/c1-4-6-13-22(5-2)20(24)16-8-10-17(11-9-16)21-29(27,28)18-12-7-15(3)19(14-18)23(25)26/h7-12,14,21H,4-6,13H2,1-3H3. The van der Waals surface area contributed by atoms with Crippen LogP contribution in [0.5, 0.6) is 0 Å². The van der Waals surface area contributed by atoms with Gasteiger partial charge in [-0.15, -0.1) is 0 Å². The third-order valence-corrected chi connectivity index (χ3v) is 5.90. The number of hydrogen-bond acceptors (Lipinski definition) is 5. The monoisotopic (exact) mass is 419 g/mol. The van der Waals surface area contributed by atoms with Gasteiger partial charge >= 0.3 is 0 Å². The second kappa shape index (κ2) is 9.51. The summed E-state index contributed by atoms with van der Waals surface area (Å²) in [7, 11) is -4.00. The van der Waals surface area contributed by atoms with Gasteiger partial charge in [0.05, 0.1) is 9.82 Å². The number of benzene rings is 2. The van der Waals surface area contributed by atoms with Gasteiger partial charge in [0.15, 0.2) is 0 Å². The molecule has 2 aromatic rings. The molecule has 8 nitrogen and oxygen atoms in total. The number of nitro benzene ring substituents is 1. The van der Waals surface area contributed by atoms with Crippen LogP contribution in [-0.4, -0.2) is 37.2 Å². The number of unbranched alkanes of at least 4 members (excludes halogenated alkanes) is 1. The molecule has 0 bridgehead atoms. The van der Waals surface area contributed by atoms with E-state index in [4.69, 9.17) is 0 Å². The van der Waals surface area contributed by atoms with Crippen LogP contribution < -0.4 is 4.72 Å². The van der Waals surface area contributed by atoms with Crippen LogP contribution in [-0.2, 0) is 10.0 Å². The van der Waals surface area contributed by atoms with Crippen LogP contribution in [0.1, 0.15) is 42.6 Å². The van der Waals surface area contributed by atoms with Gasteiger partial charge in [0.1, 0.15) is 0 Å². The molecule has 9 heteroatoms. The Morgan fingerprint density at radius 1 is 1.14 bits per heavy atom. The molecule has 0 radical (unpaired) electrons. The van der Waals surface area contributed by atoms with Crippen molar-refractivity contribution in [3.63, 3.8) is 0 Å². The highest BCUT2D eigenvalue weighted by Gasteiger charge is 2.20. The van der Waals surface area contributed by atoms with E-state index in [0.717, 1.165) is 18.9 Å². The molecule has 0 unspecified atom stereocenters. The number of hydrogen-bond donors (Lipinski definition) is 1. The molecule has 0 fully saturated rings. The summed E-state index contributed by atoms with van der Waals surface area (Å²) in [4.78, 5) is 24.5. The fourth-order valence-electron chi connectivity index (χ4n) is 2.78. The van der Waals surface area contributed by atoms with Gasteiger partial charge in [0, 0.05) is 36.0 Å². The summed E-state index contributed by atoms with van der Waals surface area (Å²) < 4.78 is 27.5. The molecule has 0 aliphatic carbocycles. The summed E-state index contributed by atoms with van der Waals surface area (Å²) in [6, 6.07) is 9.86. The molecule has 2 rings (SSSR count). The molecule has 0 aromatic heterocycles. The largest absolute Gasteiger partial charge is 0.339 e. The Kier molecular flexibility index (Phi) is 7.33. The maximum Gasteiger partial charge on any atom is 0.273 e. The fraction of sp³-hybridized carbons (Fsp3) is 0.350. The van der Waals surface area contributed by atoms with Gasteiger partial charge < -0.3 is 4.90 Å². The van der Waals surface area contributed by atoms with Crippen molar-refractivity contribution >= 4 is 27.3 Å². The van der Waals surface area contributed by atoms with Gasteiger partial charge in [-0.25, -0.2) is 8.42 Å². The Morgan fingerprint density at radius 2 is 1.79 bits per heavy atom. The Morgan fingerprint density at radius 3 is 2.34 bits per heavy atom. The average Bonchev–Trinajstić information content (AvgIpc) is 2.68. The van der Waals surface area contributed by atoms with Crippen molar-refractivity contribution in [2.45, 2.75) is 38.5 Å². The van der Waals surface area contributed by atoms with E-state index in [9.17, 15) is 23.3 Å². The van der Waals surface area contributed by atoms with Gasteiger partial charge in [-0.2, -0.15) is 0 Å². The zero-order chi connectivity index (χ0) is 21.6. The first-order valence-electron chi connectivity index (χ1n) is 9.36. The topological polar surface area (TPSA) is 110 Å². The van der Waals surface area contributed by atoms with Crippen molar-refractivity contribution in [3.8, 4) is 0 Å². The summed E-state index contributed by atoms with van der Waals surface area (Å²) in [5, 5.41) is 11.1.